The van der Waals surface area contributed by atoms with Crippen LogP contribution < -0.4 is 11.5 Å². The van der Waals surface area contributed by atoms with Gasteiger partial charge in [0.25, 0.3) is 0 Å². The molecule has 0 aromatic carbocycles. The van der Waals surface area contributed by atoms with Gasteiger partial charge in [0.05, 0.1) is 23.0 Å². The van der Waals surface area contributed by atoms with Gasteiger partial charge in [-0.3, -0.25) is 4.98 Å². The monoisotopic (exact) mass is 215 g/mol. The van der Waals surface area contributed by atoms with E-state index in [1.807, 2.05) is 0 Å². The number of halogens is 2. The van der Waals surface area contributed by atoms with E-state index in [-0.39, 0.29) is 16.5 Å². The van der Waals surface area contributed by atoms with Gasteiger partial charge in [0, 0.05) is 6.20 Å². The van der Waals surface area contributed by atoms with Crippen LogP contribution in [0.25, 0.3) is 0 Å². The predicted molar refractivity (Wildman–Crippen MR) is 52.6 cm³/mol. The minimum atomic E-state index is -0.591. The third kappa shape index (κ3) is 2.67. The molecule has 0 amide bonds. The van der Waals surface area contributed by atoms with Crippen molar-refractivity contribution in [3.05, 3.63) is 28.8 Å². The fourth-order valence-corrected chi connectivity index (χ4v) is 0.893. The van der Waals surface area contributed by atoms with Gasteiger partial charge in [0.2, 0.25) is 5.96 Å². The van der Waals surface area contributed by atoms with Crippen molar-refractivity contribution in [3.8, 4) is 0 Å². The molecule has 1 aromatic heterocycles. The van der Waals surface area contributed by atoms with E-state index >= 15 is 0 Å². The lowest BCUT2D eigenvalue weighted by Gasteiger charge is -1.96. The van der Waals surface area contributed by atoms with Crippen molar-refractivity contribution in [1.82, 2.24) is 4.98 Å². The topological polar surface area (TPSA) is 89.7 Å². The first-order chi connectivity index (χ1) is 6.61. The van der Waals surface area contributed by atoms with E-state index in [2.05, 4.69) is 15.2 Å². The molecule has 1 rings (SSSR count). The molecule has 0 radical (unpaired) electrons. The maximum absolute atomic E-state index is 13.0. The highest BCUT2D eigenvalue weighted by Gasteiger charge is 2.03. The van der Waals surface area contributed by atoms with Crippen molar-refractivity contribution >= 4 is 23.8 Å². The van der Waals surface area contributed by atoms with E-state index in [1.54, 1.807) is 0 Å². The SMILES string of the molecule is NC(N)=N/N=C/c1c(F)cncc1Cl. The van der Waals surface area contributed by atoms with Crippen LogP contribution in [0.1, 0.15) is 5.56 Å². The van der Waals surface area contributed by atoms with Crippen LogP contribution in [-0.4, -0.2) is 17.2 Å². The van der Waals surface area contributed by atoms with E-state index in [0.29, 0.717) is 0 Å². The molecular formula is C7H7ClFN5. The second kappa shape index (κ2) is 4.52. The van der Waals surface area contributed by atoms with Gasteiger partial charge in [-0.15, -0.1) is 5.10 Å². The van der Waals surface area contributed by atoms with Crippen LogP contribution in [0, 0.1) is 5.82 Å². The molecule has 14 heavy (non-hydrogen) atoms. The van der Waals surface area contributed by atoms with E-state index in [4.69, 9.17) is 23.1 Å². The maximum Gasteiger partial charge on any atom is 0.211 e. The lowest BCUT2D eigenvalue weighted by Crippen LogP contribution is -2.21. The Kier molecular flexibility index (Phi) is 3.35. The lowest BCUT2D eigenvalue weighted by atomic mass is 10.3. The molecule has 5 nitrogen and oxygen atoms in total. The Morgan fingerprint density at radius 1 is 1.50 bits per heavy atom. The van der Waals surface area contributed by atoms with E-state index < -0.39 is 5.82 Å². The first kappa shape index (κ1) is 10.4. The van der Waals surface area contributed by atoms with Gasteiger partial charge >= 0.3 is 0 Å². The van der Waals surface area contributed by atoms with Gasteiger partial charge in [-0.05, 0) is 0 Å². The van der Waals surface area contributed by atoms with Gasteiger partial charge in [-0.25, -0.2) is 4.39 Å². The molecule has 0 unspecified atom stereocenters. The largest absolute Gasteiger partial charge is 0.369 e. The summed E-state index contributed by atoms with van der Waals surface area (Å²) < 4.78 is 13.0. The third-order valence-electron chi connectivity index (χ3n) is 1.25. The molecular weight excluding hydrogens is 209 g/mol. The standard InChI is InChI=1S/C7H7ClFN5/c8-5-2-12-3-6(9)4(5)1-13-14-7(10)11/h1-3H,(H4,10,11,14)/b13-1+. The Bertz CT molecular complexity index is 365. The first-order valence-electron chi connectivity index (χ1n) is 3.52. The normalized spacial score (nSPS) is 10.4. The average molecular weight is 216 g/mol. The van der Waals surface area contributed by atoms with Crippen molar-refractivity contribution in [2.24, 2.45) is 21.7 Å². The molecule has 0 aliphatic carbocycles. The zero-order chi connectivity index (χ0) is 10.6. The van der Waals surface area contributed by atoms with Gasteiger partial charge < -0.3 is 11.5 Å². The van der Waals surface area contributed by atoms with Gasteiger partial charge in [-0.2, -0.15) is 5.10 Å². The second-order valence-corrected chi connectivity index (χ2v) is 2.69. The zero-order valence-corrected chi connectivity index (χ0v) is 7.74. The molecule has 74 valence electrons. The fraction of sp³-hybridized carbons (Fsp3) is 0. The molecule has 0 bridgehead atoms. The summed E-state index contributed by atoms with van der Waals surface area (Å²) in [6.45, 7) is 0. The highest BCUT2D eigenvalue weighted by atomic mass is 35.5. The summed E-state index contributed by atoms with van der Waals surface area (Å²) in [4.78, 5) is 3.53. The van der Waals surface area contributed by atoms with Crippen LogP contribution in [0.3, 0.4) is 0 Å². The molecule has 0 saturated carbocycles. The smallest absolute Gasteiger partial charge is 0.211 e. The number of nitrogens with two attached hydrogens (primary N) is 2. The van der Waals surface area contributed by atoms with E-state index in [1.165, 1.54) is 6.20 Å². The summed E-state index contributed by atoms with van der Waals surface area (Å²) in [7, 11) is 0. The molecule has 0 aliphatic rings. The molecule has 4 N–H and O–H groups in total. The number of rotatable bonds is 2. The summed E-state index contributed by atoms with van der Waals surface area (Å²) in [5.74, 6) is -0.807. The summed E-state index contributed by atoms with van der Waals surface area (Å²) in [6, 6.07) is 0. The van der Waals surface area contributed by atoms with Crippen LogP contribution in [0.4, 0.5) is 4.39 Å². The Morgan fingerprint density at radius 2 is 2.21 bits per heavy atom. The summed E-state index contributed by atoms with van der Waals surface area (Å²) in [5.41, 5.74) is 10.1. The van der Waals surface area contributed by atoms with Crippen molar-refractivity contribution in [2.45, 2.75) is 0 Å². The molecule has 7 heteroatoms. The quantitative estimate of drug-likeness (QED) is 0.427. The molecule has 1 heterocycles. The Hall–Kier alpha value is -1.69. The molecule has 0 aliphatic heterocycles. The van der Waals surface area contributed by atoms with Crippen molar-refractivity contribution in [1.29, 1.82) is 0 Å². The molecule has 1 aromatic rings. The third-order valence-corrected chi connectivity index (χ3v) is 1.55. The van der Waals surface area contributed by atoms with E-state index in [9.17, 15) is 4.39 Å². The van der Waals surface area contributed by atoms with Crippen LogP contribution in [0.5, 0.6) is 0 Å². The number of pyridine rings is 1. The van der Waals surface area contributed by atoms with Crippen molar-refractivity contribution < 1.29 is 4.39 Å². The van der Waals surface area contributed by atoms with E-state index in [0.717, 1.165) is 12.4 Å². The summed E-state index contributed by atoms with van der Waals surface area (Å²) in [5, 5.41) is 6.86. The summed E-state index contributed by atoms with van der Waals surface area (Å²) in [6.07, 6.45) is 3.42. The number of guanidine groups is 1. The second-order valence-electron chi connectivity index (χ2n) is 2.29. The van der Waals surface area contributed by atoms with Gasteiger partial charge in [0.15, 0.2) is 5.82 Å². The van der Waals surface area contributed by atoms with Crippen LogP contribution in [0.15, 0.2) is 22.6 Å². The van der Waals surface area contributed by atoms with Crippen molar-refractivity contribution in [3.63, 3.8) is 0 Å². The summed E-state index contributed by atoms with van der Waals surface area (Å²) >= 11 is 5.64. The lowest BCUT2D eigenvalue weighted by molar-refractivity contribution is 0.619. The molecule has 0 atom stereocenters. The van der Waals surface area contributed by atoms with Crippen LogP contribution >= 0.6 is 11.6 Å². The molecule has 0 saturated heterocycles. The Labute approximate surface area is 84.3 Å². The van der Waals surface area contributed by atoms with Gasteiger partial charge in [0.1, 0.15) is 0 Å². The number of hydrogen-bond acceptors (Lipinski definition) is 3. The Balaban J connectivity index is 2.97. The minimum Gasteiger partial charge on any atom is -0.369 e. The van der Waals surface area contributed by atoms with Gasteiger partial charge in [-0.1, -0.05) is 11.6 Å². The molecule has 0 fully saturated rings. The minimum absolute atomic E-state index is 0.0895. The highest BCUT2D eigenvalue weighted by Crippen LogP contribution is 2.14. The van der Waals surface area contributed by atoms with Crippen LogP contribution in [0.2, 0.25) is 5.02 Å². The number of aromatic nitrogens is 1. The highest BCUT2D eigenvalue weighted by molar-refractivity contribution is 6.32. The fourth-order valence-electron chi connectivity index (χ4n) is 0.698. The van der Waals surface area contributed by atoms with Crippen LogP contribution in [-0.2, 0) is 0 Å². The Morgan fingerprint density at radius 3 is 2.79 bits per heavy atom. The zero-order valence-electron chi connectivity index (χ0n) is 6.98. The van der Waals surface area contributed by atoms with Crippen molar-refractivity contribution in [2.75, 3.05) is 0 Å². The predicted octanol–water partition coefficient (Wildman–Crippen LogP) is 0.481. The number of nitrogens with zero attached hydrogens (tertiary/aromatic N) is 3. The number of hydrogen-bond donors (Lipinski definition) is 2. The average Bonchev–Trinajstić information content (AvgIpc) is 2.09. The molecule has 0 spiro atoms. The maximum atomic E-state index is 13.0. The first-order valence-corrected chi connectivity index (χ1v) is 3.90.